The normalized spacial score (nSPS) is 15.1. The maximum absolute atomic E-state index is 12.6. The summed E-state index contributed by atoms with van der Waals surface area (Å²) in [5.41, 5.74) is 0.944. The number of fused-ring (bicyclic) bond motifs is 1. The molecule has 1 aliphatic heterocycles. The molecule has 1 saturated heterocycles. The second kappa shape index (κ2) is 7.53. The first-order valence-corrected chi connectivity index (χ1v) is 9.14. The fourth-order valence-corrected chi connectivity index (χ4v) is 3.51. The standard InChI is InChI=1S/C18H17ClN6O3/c19-13-5-6-16(17(11-13)25(27)28)23-9-7-22(8-10-23)12-24-18(26)14-3-1-2-4-15(14)20-21-24/h1-6,11H,7-10,12H2. The van der Waals surface area contributed by atoms with E-state index >= 15 is 0 Å². The first kappa shape index (κ1) is 18.3. The molecule has 1 aromatic heterocycles. The minimum atomic E-state index is -0.419. The minimum absolute atomic E-state index is 0.00225. The van der Waals surface area contributed by atoms with Crippen molar-refractivity contribution in [3.8, 4) is 0 Å². The van der Waals surface area contributed by atoms with Gasteiger partial charge in [-0.25, -0.2) is 0 Å². The summed E-state index contributed by atoms with van der Waals surface area (Å²) in [7, 11) is 0. The van der Waals surface area contributed by atoms with Gasteiger partial charge in [0.2, 0.25) is 0 Å². The molecule has 0 aliphatic carbocycles. The van der Waals surface area contributed by atoms with Crippen molar-refractivity contribution in [3.05, 3.63) is 68.0 Å². The largest absolute Gasteiger partial charge is 0.363 e. The van der Waals surface area contributed by atoms with Gasteiger partial charge in [-0.1, -0.05) is 28.9 Å². The molecule has 2 heterocycles. The van der Waals surface area contributed by atoms with Gasteiger partial charge in [-0.05, 0) is 24.3 Å². The number of nitro benzene ring substituents is 1. The summed E-state index contributed by atoms with van der Waals surface area (Å²) in [6, 6.07) is 11.8. The van der Waals surface area contributed by atoms with E-state index in [9.17, 15) is 14.9 Å². The van der Waals surface area contributed by atoms with Crippen molar-refractivity contribution in [1.82, 2.24) is 19.9 Å². The van der Waals surface area contributed by atoms with Crippen LogP contribution in [0, 0.1) is 10.1 Å². The lowest BCUT2D eigenvalue weighted by Gasteiger charge is -2.35. The number of piperazine rings is 1. The molecule has 0 saturated carbocycles. The number of halogens is 1. The van der Waals surface area contributed by atoms with Crippen LogP contribution in [0.25, 0.3) is 10.9 Å². The van der Waals surface area contributed by atoms with Crippen LogP contribution in [0.1, 0.15) is 0 Å². The van der Waals surface area contributed by atoms with Gasteiger partial charge in [-0.15, -0.1) is 5.10 Å². The first-order chi connectivity index (χ1) is 13.5. The molecular formula is C18H17ClN6O3. The minimum Gasteiger partial charge on any atom is -0.363 e. The lowest BCUT2D eigenvalue weighted by molar-refractivity contribution is -0.384. The summed E-state index contributed by atoms with van der Waals surface area (Å²) in [5.74, 6) is 0. The Morgan fingerprint density at radius 3 is 2.61 bits per heavy atom. The van der Waals surface area contributed by atoms with Crippen LogP contribution >= 0.6 is 11.6 Å². The Balaban J connectivity index is 1.48. The molecule has 1 aliphatic rings. The number of rotatable bonds is 4. The van der Waals surface area contributed by atoms with Gasteiger partial charge in [-0.3, -0.25) is 19.8 Å². The van der Waals surface area contributed by atoms with Crippen LogP contribution in [0.2, 0.25) is 5.02 Å². The summed E-state index contributed by atoms with van der Waals surface area (Å²) >= 11 is 5.89. The lowest BCUT2D eigenvalue weighted by Crippen LogP contribution is -2.48. The zero-order chi connectivity index (χ0) is 19.7. The zero-order valence-electron chi connectivity index (χ0n) is 14.9. The van der Waals surface area contributed by atoms with E-state index < -0.39 is 4.92 Å². The molecule has 0 bridgehead atoms. The highest BCUT2D eigenvalue weighted by molar-refractivity contribution is 6.30. The van der Waals surface area contributed by atoms with Crippen molar-refractivity contribution in [1.29, 1.82) is 0 Å². The monoisotopic (exact) mass is 400 g/mol. The Labute approximate surface area is 164 Å². The van der Waals surface area contributed by atoms with Crippen molar-refractivity contribution >= 4 is 33.9 Å². The van der Waals surface area contributed by atoms with Gasteiger partial charge in [-0.2, -0.15) is 4.68 Å². The van der Waals surface area contributed by atoms with E-state index in [1.54, 1.807) is 30.3 Å². The van der Waals surface area contributed by atoms with Crippen LogP contribution in [0.4, 0.5) is 11.4 Å². The van der Waals surface area contributed by atoms with Crippen LogP contribution in [-0.2, 0) is 6.67 Å². The molecule has 4 rings (SSSR count). The van der Waals surface area contributed by atoms with Crippen LogP contribution in [0.15, 0.2) is 47.3 Å². The van der Waals surface area contributed by atoms with Gasteiger partial charge in [0.05, 0.1) is 17.0 Å². The van der Waals surface area contributed by atoms with Crippen molar-refractivity contribution < 1.29 is 4.92 Å². The Morgan fingerprint density at radius 2 is 1.86 bits per heavy atom. The van der Waals surface area contributed by atoms with Crippen LogP contribution < -0.4 is 10.5 Å². The predicted molar refractivity (Wildman–Crippen MR) is 106 cm³/mol. The Kier molecular flexibility index (Phi) is 4.93. The highest BCUT2D eigenvalue weighted by Crippen LogP contribution is 2.31. The molecule has 9 nitrogen and oxygen atoms in total. The summed E-state index contributed by atoms with van der Waals surface area (Å²) in [5, 5.41) is 20.3. The van der Waals surface area contributed by atoms with Crippen LogP contribution in [-0.4, -0.2) is 51.0 Å². The van der Waals surface area contributed by atoms with Crippen LogP contribution in [0.3, 0.4) is 0 Å². The van der Waals surface area contributed by atoms with E-state index in [1.807, 2.05) is 11.0 Å². The summed E-state index contributed by atoms with van der Waals surface area (Å²) in [6.45, 7) is 2.80. The van der Waals surface area contributed by atoms with Gasteiger partial charge in [0, 0.05) is 37.3 Å². The molecule has 0 spiro atoms. The fourth-order valence-electron chi connectivity index (χ4n) is 3.35. The molecule has 0 radical (unpaired) electrons. The average molecular weight is 401 g/mol. The first-order valence-electron chi connectivity index (χ1n) is 8.77. The Hall–Kier alpha value is -3.04. The second-order valence-corrected chi connectivity index (χ2v) is 6.98. The zero-order valence-corrected chi connectivity index (χ0v) is 15.6. The molecule has 3 aromatic rings. The van der Waals surface area contributed by atoms with Crippen molar-refractivity contribution in [2.45, 2.75) is 6.67 Å². The molecule has 28 heavy (non-hydrogen) atoms. The highest BCUT2D eigenvalue weighted by Gasteiger charge is 2.24. The van der Waals surface area contributed by atoms with Gasteiger partial charge in [0.25, 0.3) is 11.2 Å². The van der Waals surface area contributed by atoms with Crippen molar-refractivity contribution in [3.63, 3.8) is 0 Å². The van der Waals surface area contributed by atoms with E-state index in [4.69, 9.17) is 11.6 Å². The number of nitrogens with zero attached hydrogens (tertiary/aromatic N) is 6. The topological polar surface area (TPSA) is 97.4 Å². The molecule has 144 valence electrons. The molecule has 2 aromatic carbocycles. The van der Waals surface area contributed by atoms with Crippen LogP contribution in [0.5, 0.6) is 0 Å². The van der Waals surface area contributed by atoms with Gasteiger partial charge in [0.1, 0.15) is 11.2 Å². The fraction of sp³-hybridized carbons (Fsp3) is 0.278. The maximum Gasteiger partial charge on any atom is 0.294 e. The third-order valence-corrected chi connectivity index (χ3v) is 5.05. The van der Waals surface area contributed by atoms with E-state index in [0.29, 0.717) is 54.5 Å². The SMILES string of the molecule is O=c1c2ccccc2nnn1CN1CCN(c2ccc(Cl)cc2[N+](=O)[O-])CC1. The second-order valence-electron chi connectivity index (χ2n) is 6.55. The number of hydrogen-bond donors (Lipinski definition) is 0. The third-order valence-electron chi connectivity index (χ3n) is 4.81. The van der Waals surface area contributed by atoms with Gasteiger partial charge >= 0.3 is 0 Å². The number of aromatic nitrogens is 3. The number of benzene rings is 2. The lowest BCUT2D eigenvalue weighted by atomic mass is 10.2. The quantitative estimate of drug-likeness (QED) is 0.488. The summed E-state index contributed by atoms with van der Waals surface area (Å²) < 4.78 is 1.35. The Bertz CT molecular complexity index is 1090. The predicted octanol–water partition coefficient (Wildman–Crippen LogP) is 2.13. The molecule has 0 amide bonds. The summed E-state index contributed by atoms with van der Waals surface area (Å²) in [6.07, 6.45) is 0. The molecule has 0 atom stereocenters. The molecule has 10 heteroatoms. The molecule has 0 N–H and O–H groups in total. The number of hydrogen-bond acceptors (Lipinski definition) is 7. The van der Waals surface area contributed by atoms with E-state index in [1.165, 1.54) is 10.7 Å². The molecule has 1 fully saturated rings. The van der Waals surface area contributed by atoms with Crippen molar-refractivity contribution in [2.75, 3.05) is 31.1 Å². The van der Waals surface area contributed by atoms with Gasteiger partial charge in [0.15, 0.2) is 0 Å². The molecule has 0 unspecified atom stereocenters. The van der Waals surface area contributed by atoms with E-state index in [0.717, 1.165) is 0 Å². The maximum atomic E-state index is 12.6. The number of nitro groups is 1. The smallest absolute Gasteiger partial charge is 0.294 e. The summed E-state index contributed by atoms with van der Waals surface area (Å²) in [4.78, 5) is 27.5. The average Bonchev–Trinajstić information content (AvgIpc) is 2.71. The van der Waals surface area contributed by atoms with Crippen molar-refractivity contribution in [2.24, 2.45) is 0 Å². The highest BCUT2D eigenvalue weighted by atomic mass is 35.5. The molecular weight excluding hydrogens is 384 g/mol. The van der Waals surface area contributed by atoms with E-state index in [-0.39, 0.29) is 11.2 Å². The van der Waals surface area contributed by atoms with Gasteiger partial charge < -0.3 is 4.90 Å². The third kappa shape index (κ3) is 3.54. The number of anilines is 1. The Morgan fingerprint density at radius 1 is 1.11 bits per heavy atom. The van der Waals surface area contributed by atoms with E-state index in [2.05, 4.69) is 15.2 Å².